The number of rotatable bonds is 3. The zero-order chi connectivity index (χ0) is 12.5. The van der Waals surface area contributed by atoms with Crippen molar-refractivity contribution in [1.29, 1.82) is 0 Å². The van der Waals surface area contributed by atoms with E-state index in [-0.39, 0.29) is 0 Å². The first kappa shape index (κ1) is 12.5. The maximum atomic E-state index is 12.4. The Kier molecular flexibility index (Phi) is 3.25. The average Bonchev–Trinajstić information content (AvgIpc) is 2.38. The van der Waals surface area contributed by atoms with Crippen LogP contribution in [-0.4, -0.2) is 27.0 Å². The Hall–Kier alpha value is -1.53. The molecule has 1 aromatic rings. The summed E-state index contributed by atoms with van der Waals surface area (Å²) in [6.07, 6.45) is -4.77. The van der Waals surface area contributed by atoms with Crippen LogP contribution in [0, 0.1) is 19.8 Å². The SMILES string of the molecule is Cc1cc(C)n(CC(C(=O)O)C(F)(F)F)n1. The van der Waals surface area contributed by atoms with Crippen LogP contribution in [0.2, 0.25) is 0 Å². The number of carboxylic acid groups (broad SMARTS) is 1. The molecule has 0 spiro atoms. The van der Waals surface area contributed by atoms with Crippen molar-refractivity contribution < 1.29 is 23.1 Å². The van der Waals surface area contributed by atoms with Crippen molar-refractivity contribution in [2.75, 3.05) is 0 Å². The van der Waals surface area contributed by atoms with Gasteiger partial charge in [0.1, 0.15) is 0 Å². The highest BCUT2D eigenvalue weighted by molar-refractivity contribution is 5.70. The monoisotopic (exact) mass is 236 g/mol. The van der Waals surface area contributed by atoms with Crippen LogP contribution >= 0.6 is 0 Å². The van der Waals surface area contributed by atoms with E-state index in [2.05, 4.69) is 5.10 Å². The third-order valence-electron chi connectivity index (χ3n) is 2.15. The minimum Gasteiger partial charge on any atom is -0.481 e. The number of aliphatic carboxylic acids is 1. The Bertz CT molecular complexity index is 398. The molecule has 0 aromatic carbocycles. The number of hydrogen-bond acceptors (Lipinski definition) is 2. The van der Waals surface area contributed by atoms with Gasteiger partial charge in [0, 0.05) is 5.69 Å². The Morgan fingerprint density at radius 3 is 2.44 bits per heavy atom. The van der Waals surface area contributed by atoms with Crippen molar-refractivity contribution in [1.82, 2.24) is 9.78 Å². The third-order valence-corrected chi connectivity index (χ3v) is 2.15. The Morgan fingerprint density at radius 2 is 2.12 bits per heavy atom. The van der Waals surface area contributed by atoms with Gasteiger partial charge in [0.05, 0.1) is 12.2 Å². The molecule has 1 N–H and O–H groups in total. The summed E-state index contributed by atoms with van der Waals surface area (Å²) in [6, 6.07) is 1.59. The molecule has 1 heterocycles. The number of carboxylic acids is 1. The molecule has 0 aliphatic heterocycles. The van der Waals surface area contributed by atoms with E-state index >= 15 is 0 Å². The summed E-state index contributed by atoms with van der Waals surface area (Å²) >= 11 is 0. The normalized spacial score (nSPS) is 13.8. The van der Waals surface area contributed by atoms with Gasteiger partial charge in [-0.1, -0.05) is 0 Å². The minimum absolute atomic E-state index is 0.507. The fourth-order valence-electron chi connectivity index (χ4n) is 1.35. The van der Waals surface area contributed by atoms with Gasteiger partial charge in [0.25, 0.3) is 0 Å². The summed E-state index contributed by atoms with van der Waals surface area (Å²) in [4.78, 5) is 10.5. The predicted molar refractivity (Wildman–Crippen MR) is 48.9 cm³/mol. The number of aromatic nitrogens is 2. The molecule has 1 atom stereocenters. The molecule has 7 heteroatoms. The van der Waals surface area contributed by atoms with Gasteiger partial charge in [-0.2, -0.15) is 18.3 Å². The molecule has 0 bridgehead atoms. The molecule has 0 fully saturated rings. The molecule has 16 heavy (non-hydrogen) atoms. The van der Waals surface area contributed by atoms with Gasteiger partial charge in [-0.15, -0.1) is 0 Å². The van der Waals surface area contributed by atoms with Gasteiger partial charge in [-0.3, -0.25) is 9.48 Å². The van der Waals surface area contributed by atoms with Gasteiger partial charge >= 0.3 is 12.1 Å². The lowest BCUT2D eigenvalue weighted by Gasteiger charge is -2.16. The molecular weight excluding hydrogens is 225 g/mol. The first-order valence-corrected chi connectivity index (χ1v) is 4.52. The van der Waals surface area contributed by atoms with Gasteiger partial charge in [0.2, 0.25) is 0 Å². The van der Waals surface area contributed by atoms with Crippen LogP contribution in [0.4, 0.5) is 13.2 Å². The van der Waals surface area contributed by atoms with E-state index in [9.17, 15) is 18.0 Å². The first-order valence-electron chi connectivity index (χ1n) is 4.52. The Labute approximate surface area is 89.7 Å². The van der Waals surface area contributed by atoms with Crippen molar-refractivity contribution in [2.24, 2.45) is 5.92 Å². The number of alkyl halides is 3. The zero-order valence-electron chi connectivity index (χ0n) is 8.75. The Morgan fingerprint density at radius 1 is 1.56 bits per heavy atom. The van der Waals surface area contributed by atoms with Crippen LogP contribution < -0.4 is 0 Å². The molecular formula is C9H11F3N2O2. The second kappa shape index (κ2) is 4.15. The van der Waals surface area contributed by atoms with E-state index in [1.54, 1.807) is 19.9 Å². The number of hydrogen-bond donors (Lipinski definition) is 1. The molecule has 4 nitrogen and oxygen atoms in total. The smallest absolute Gasteiger partial charge is 0.404 e. The molecule has 0 aliphatic carbocycles. The quantitative estimate of drug-likeness (QED) is 0.870. The topological polar surface area (TPSA) is 55.1 Å². The lowest BCUT2D eigenvalue weighted by atomic mass is 10.1. The first-order chi connectivity index (χ1) is 7.21. The van der Waals surface area contributed by atoms with Gasteiger partial charge in [-0.25, -0.2) is 0 Å². The molecule has 0 radical (unpaired) electrons. The largest absolute Gasteiger partial charge is 0.481 e. The molecule has 0 aliphatic rings. The van der Waals surface area contributed by atoms with Crippen LogP contribution in [0.15, 0.2) is 6.07 Å². The number of carbonyl (C=O) groups is 1. The van der Waals surface area contributed by atoms with Crippen molar-refractivity contribution >= 4 is 5.97 Å². The predicted octanol–water partition coefficient (Wildman–Crippen LogP) is 1.76. The molecule has 0 saturated carbocycles. The van der Waals surface area contributed by atoms with Crippen LogP contribution in [0.25, 0.3) is 0 Å². The highest BCUT2D eigenvalue weighted by Crippen LogP contribution is 2.28. The highest BCUT2D eigenvalue weighted by atomic mass is 19.4. The summed E-state index contributed by atoms with van der Waals surface area (Å²) in [5, 5.41) is 12.3. The molecule has 90 valence electrons. The van der Waals surface area contributed by atoms with Crippen molar-refractivity contribution in [2.45, 2.75) is 26.6 Å². The van der Waals surface area contributed by atoms with E-state index in [1.165, 1.54) is 0 Å². The summed E-state index contributed by atoms with van der Waals surface area (Å²) in [5.41, 5.74) is 1.07. The van der Waals surface area contributed by atoms with E-state index in [0.717, 1.165) is 4.68 Å². The molecule has 0 saturated heterocycles. The van der Waals surface area contributed by atoms with E-state index in [1.807, 2.05) is 0 Å². The molecule has 0 amide bonds. The third kappa shape index (κ3) is 2.74. The summed E-state index contributed by atoms with van der Waals surface area (Å²) in [6.45, 7) is 2.51. The Balaban J connectivity index is 2.93. The second-order valence-electron chi connectivity index (χ2n) is 3.54. The fourth-order valence-corrected chi connectivity index (χ4v) is 1.35. The van der Waals surface area contributed by atoms with E-state index in [4.69, 9.17) is 5.11 Å². The average molecular weight is 236 g/mol. The zero-order valence-corrected chi connectivity index (χ0v) is 8.75. The number of nitrogens with zero attached hydrogens (tertiary/aromatic N) is 2. The van der Waals surface area contributed by atoms with Gasteiger partial charge in [-0.05, 0) is 19.9 Å². The van der Waals surface area contributed by atoms with Crippen LogP contribution in [0.1, 0.15) is 11.4 Å². The lowest BCUT2D eigenvalue weighted by molar-refractivity contribution is -0.196. The van der Waals surface area contributed by atoms with Crippen molar-refractivity contribution in [3.63, 3.8) is 0 Å². The van der Waals surface area contributed by atoms with Gasteiger partial charge < -0.3 is 5.11 Å². The van der Waals surface area contributed by atoms with Crippen LogP contribution in [0.3, 0.4) is 0 Å². The van der Waals surface area contributed by atoms with Crippen LogP contribution in [0.5, 0.6) is 0 Å². The number of aryl methyl sites for hydroxylation is 2. The fraction of sp³-hybridized carbons (Fsp3) is 0.556. The lowest BCUT2D eigenvalue weighted by Crippen LogP contribution is -2.34. The number of halogens is 3. The molecule has 1 rings (SSSR count). The molecule has 1 unspecified atom stereocenters. The van der Waals surface area contributed by atoms with Crippen LogP contribution in [-0.2, 0) is 11.3 Å². The summed E-state index contributed by atoms with van der Waals surface area (Å²) in [7, 11) is 0. The second-order valence-corrected chi connectivity index (χ2v) is 3.54. The van der Waals surface area contributed by atoms with Crippen molar-refractivity contribution in [3.05, 3.63) is 17.5 Å². The maximum Gasteiger partial charge on any atom is 0.404 e. The van der Waals surface area contributed by atoms with Gasteiger partial charge in [0.15, 0.2) is 5.92 Å². The minimum atomic E-state index is -4.77. The molecule has 1 aromatic heterocycles. The summed E-state index contributed by atoms with van der Waals surface area (Å²) < 4.78 is 38.2. The summed E-state index contributed by atoms with van der Waals surface area (Å²) in [5.74, 6) is -4.31. The standard InChI is InChI=1S/C9H11F3N2O2/c1-5-3-6(2)14(13-5)4-7(8(15)16)9(10,11)12/h3,7H,4H2,1-2H3,(H,15,16). The van der Waals surface area contributed by atoms with E-state index in [0.29, 0.717) is 11.4 Å². The highest BCUT2D eigenvalue weighted by Gasteiger charge is 2.45. The maximum absolute atomic E-state index is 12.4. The van der Waals surface area contributed by atoms with Crippen molar-refractivity contribution in [3.8, 4) is 0 Å². The van der Waals surface area contributed by atoms with E-state index < -0.39 is 24.6 Å².